The summed E-state index contributed by atoms with van der Waals surface area (Å²) in [5.41, 5.74) is 5.48. The van der Waals surface area contributed by atoms with Gasteiger partial charge in [-0.2, -0.15) is 0 Å². The van der Waals surface area contributed by atoms with E-state index in [9.17, 15) is 9.59 Å². The van der Waals surface area contributed by atoms with Gasteiger partial charge in [0.1, 0.15) is 11.4 Å². The molecular formula is C12H14BrNO5. The number of ether oxygens (including phenoxy) is 3. The Balaban J connectivity index is 2.78. The fourth-order valence-corrected chi connectivity index (χ4v) is 1.62. The molecular weight excluding hydrogens is 318 g/mol. The van der Waals surface area contributed by atoms with Crippen LogP contribution < -0.4 is 15.2 Å². The van der Waals surface area contributed by atoms with Gasteiger partial charge in [0.15, 0.2) is 11.5 Å². The number of amides is 1. The van der Waals surface area contributed by atoms with Crippen LogP contribution in [0, 0.1) is 0 Å². The largest absolute Gasteiger partial charge is 0.493 e. The summed E-state index contributed by atoms with van der Waals surface area (Å²) in [6, 6.07) is 4.54. The molecule has 0 aliphatic heterocycles. The Labute approximate surface area is 118 Å². The summed E-state index contributed by atoms with van der Waals surface area (Å²) in [6.07, 6.45) is 0. The number of hydrogen-bond donors (Lipinski definition) is 1. The van der Waals surface area contributed by atoms with Crippen LogP contribution in [-0.2, 0) is 9.53 Å². The number of rotatable bonds is 6. The molecule has 0 aliphatic carbocycles. The van der Waals surface area contributed by atoms with Crippen molar-refractivity contribution >= 4 is 27.8 Å². The third-order valence-electron chi connectivity index (χ3n) is 2.29. The number of methoxy groups -OCH3 is 2. The second kappa shape index (κ2) is 6.98. The van der Waals surface area contributed by atoms with Gasteiger partial charge in [-0.1, -0.05) is 15.9 Å². The first kappa shape index (κ1) is 15.3. The molecule has 0 fully saturated rings. The Morgan fingerprint density at radius 1 is 1.32 bits per heavy atom. The van der Waals surface area contributed by atoms with Crippen LogP contribution in [0.15, 0.2) is 18.2 Å². The maximum atomic E-state index is 11.2. The molecule has 1 unspecified atom stereocenters. The second-order valence-electron chi connectivity index (χ2n) is 3.53. The van der Waals surface area contributed by atoms with Crippen molar-refractivity contribution in [2.45, 2.75) is 4.83 Å². The first-order valence-corrected chi connectivity index (χ1v) is 6.23. The van der Waals surface area contributed by atoms with E-state index in [1.54, 1.807) is 6.07 Å². The lowest BCUT2D eigenvalue weighted by Crippen LogP contribution is -2.23. The Bertz CT molecular complexity index is 477. The second-order valence-corrected chi connectivity index (χ2v) is 4.64. The maximum Gasteiger partial charge on any atom is 0.322 e. The molecule has 0 saturated carbocycles. The van der Waals surface area contributed by atoms with Crippen molar-refractivity contribution in [1.29, 1.82) is 0 Å². The average Bonchev–Trinajstić information content (AvgIpc) is 2.43. The molecule has 0 spiro atoms. The van der Waals surface area contributed by atoms with Crippen LogP contribution in [0.2, 0.25) is 0 Å². The Hall–Kier alpha value is -1.76. The molecule has 2 N–H and O–H groups in total. The van der Waals surface area contributed by atoms with Gasteiger partial charge in [-0.15, -0.1) is 0 Å². The predicted molar refractivity (Wildman–Crippen MR) is 71.7 cm³/mol. The number of carbonyl (C=O) groups excluding carboxylic acids is 2. The number of benzene rings is 1. The molecule has 1 aromatic carbocycles. The molecule has 0 aliphatic rings. The molecule has 0 bridgehead atoms. The van der Waals surface area contributed by atoms with Crippen molar-refractivity contribution in [3.05, 3.63) is 23.8 Å². The molecule has 1 aromatic rings. The van der Waals surface area contributed by atoms with Crippen LogP contribution in [0.25, 0.3) is 0 Å². The zero-order valence-corrected chi connectivity index (χ0v) is 12.1. The van der Waals surface area contributed by atoms with Crippen molar-refractivity contribution in [3.63, 3.8) is 0 Å². The van der Waals surface area contributed by atoms with Crippen LogP contribution in [-0.4, -0.2) is 37.5 Å². The van der Waals surface area contributed by atoms with Crippen molar-refractivity contribution in [3.8, 4) is 11.5 Å². The number of nitrogens with two attached hydrogens (primary N) is 1. The molecule has 1 rings (SSSR count). The van der Waals surface area contributed by atoms with Gasteiger partial charge in [-0.3, -0.25) is 9.59 Å². The third kappa shape index (κ3) is 4.13. The maximum absolute atomic E-state index is 11.2. The molecule has 19 heavy (non-hydrogen) atoms. The number of hydrogen-bond acceptors (Lipinski definition) is 5. The molecule has 1 atom stereocenters. The van der Waals surface area contributed by atoms with E-state index in [0.29, 0.717) is 17.1 Å². The monoisotopic (exact) mass is 331 g/mol. The minimum absolute atomic E-state index is 0.0684. The minimum atomic E-state index is -0.585. The molecule has 0 radical (unpaired) electrons. The summed E-state index contributed by atoms with van der Waals surface area (Å²) < 4.78 is 15.1. The highest BCUT2D eigenvalue weighted by Crippen LogP contribution is 2.28. The summed E-state index contributed by atoms with van der Waals surface area (Å²) in [4.78, 5) is 21.6. The average molecular weight is 332 g/mol. The Morgan fingerprint density at radius 3 is 2.53 bits per heavy atom. The van der Waals surface area contributed by atoms with Crippen molar-refractivity contribution in [2.24, 2.45) is 5.73 Å². The number of carbonyl (C=O) groups is 2. The zero-order valence-electron chi connectivity index (χ0n) is 10.5. The zero-order chi connectivity index (χ0) is 14.4. The van der Waals surface area contributed by atoms with E-state index in [-0.39, 0.29) is 6.61 Å². The molecule has 6 nitrogen and oxygen atoms in total. The Kier molecular flexibility index (Phi) is 5.62. The van der Waals surface area contributed by atoms with Gasteiger partial charge >= 0.3 is 5.97 Å². The highest BCUT2D eigenvalue weighted by molar-refractivity contribution is 9.10. The number of halogens is 1. The van der Waals surface area contributed by atoms with E-state index in [0.717, 1.165) is 0 Å². The summed E-state index contributed by atoms with van der Waals surface area (Å²) >= 11 is 3.13. The van der Waals surface area contributed by atoms with Crippen LogP contribution in [0.5, 0.6) is 11.5 Å². The fraction of sp³-hybridized carbons (Fsp3) is 0.333. The Morgan fingerprint density at radius 2 is 2.00 bits per heavy atom. The predicted octanol–water partition coefficient (Wildman–Crippen LogP) is 1.11. The van der Waals surface area contributed by atoms with Gasteiger partial charge in [0.2, 0.25) is 5.91 Å². The first-order valence-electron chi connectivity index (χ1n) is 5.32. The highest BCUT2D eigenvalue weighted by atomic mass is 79.9. The summed E-state index contributed by atoms with van der Waals surface area (Å²) in [5.74, 6) is -0.229. The van der Waals surface area contributed by atoms with Crippen LogP contribution >= 0.6 is 15.9 Å². The number of alkyl halides is 1. The fourth-order valence-electron chi connectivity index (χ4n) is 1.30. The first-order chi connectivity index (χ1) is 8.99. The van der Waals surface area contributed by atoms with E-state index in [1.807, 2.05) is 0 Å². The summed E-state index contributed by atoms with van der Waals surface area (Å²) in [7, 11) is 2.73. The molecule has 104 valence electrons. The lowest BCUT2D eigenvalue weighted by Gasteiger charge is -2.13. The van der Waals surface area contributed by atoms with Crippen LogP contribution in [0.4, 0.5) is 0 Å². The molecule has 0 saturated heterocycles. The van der Waals surface area contributed by atoms with E-state index in [1.165, 1.54) is 26.4 Å². The molecule has 7 heteroatoms. The van der Waals surface area contributed by atoms with Gasteiger partial charge in [-0.05, 0) is 18.2 Å². The van der Waals surface area contributed by atoms with Crippen molar-refractivity contribution < 1.29 is 23.8 Å². The third-order valence-corrected chi connectivity index (χ3v) is 2.93. The van der Waals surface area contributed by atoms with Gasteiger partial charge in [0.25, 0.3) is 0 Å². The molecule has 0 aromatic heterocycles. The quantitative estimate of drug-likeness (QED) is 0.623. The van der Waals surface area contributed by atoms with E-state index >= 15 is 0 Å². The minimum Gasteiger partial charge on any atom is -0.493 e. The number of primary amides is 1. The van der Waals surface area contributed by atoms with Gasteiger partial charge < -0.3 is 19.9 Å². The van der Waals surface area contributed by atoms with Crippen molar-refractivity contribution in [1.82, 2.24) is 0 Å². The normalized spacial score (nSPS) is 11.5. The SMILES string of the molecule is COC(=O)C(Br)COc1ccc(C(N)=O)cc1OC. The van der Waals surface area contributed by atoms with E-state index < -0.39 is 16.7 Å². The lowest BCUT2D eigenvalue weighted by molar-refractivity contribution is -0.140. The van der Waals surface area contributed by atoms with Gasteiger partial charge in [0, 0.05) is 5.56 Å². The summed E-state index contributed by atoms with van der Waals surface area (Å²) in [6.45, 7) is 0.0684. The van der Waals surface area contributed by atoms with E-state index in [2.05, 4.69) is 20.7 Å². The summed E-state index contributed by atoms with van der Waals surface area (Å²) in [5, 5.41) is 0. The highest BCUT2D eigenvalue weighted by Gasteiger charge is 2.17. The molecule has 0 heterocycles. The van der Waals surface area contributed by atoms with Crippen molar-refractivity contribution in [2.75, 3.05) is 20.8 Å². The topological polar surface area (TPSA) is 87.9 Å². The van der Waals surface area contributed by atoms with Crippen LogP contribution in [0.3, 0.4) is 0 Å². The van der Waals surface area contributed by atoms with Gasteiger partial charge in [0.05, 0.1) is 14.2 Å². The smallest absolute Gasteiger partial charge is 0.322 e. The van der Waals surface area contributed by atoms with Crippen LogP contribution in [0.1, 0.15) is 10.4 Å². The molecule has 1 amide bonds. The standard InChI is InChI=1S/C12H14BrNO5/c1-17-10-5-7(11(14)15)3-4-9(10)19-6-8(13)12(16)18-2/h3-5,8H,6H2,1-2H3,(H2,14,15). The van der Waals surface area contributed by atoms with Gasteiger partial charge in [-0.25, -0.2) is 0 Å². The number of esters is 1. The lowest BCUT2D eigenvalue weighted by atomic mass is 10.2. The van der Waals surface area contributed by atoms with E-state index in [4.69, 9.17) is 15.2 Å².